The van der Waals surface area contributed by atoms with Gasteiger partial charge in [-0.25, -0.2) is 8.42 Å². The molecule has 1 amide bonds. The number of carbonyl (C=O) groups excluding carboxylic acids is 1. The van der Waals surface area contributed by atoms with Crippen molar-refractivity contribution in [2.75, 3.05) is 12.3 Å². The number of benzene rings is 1. The Bertz CT molecular complexity index is 607. The summed E-state index contributed by atoms with van der Waals surface area (Å²) in [7, 11) is -3.38. The maximum absolute atomic E-state index is 12.2. The molecule has 1 saturated heterocycles. The van der Waals surface area contributed by atoms with Crippen LogP contribution in [0.5, 0.6) is 0 Å². The molecule has 1 aliphatic rings. The summed E-state index contributed by atoms with van der Waals surface area (Å²) < 4.78 is 24.4. The van der Waals surface area contributed by atoms with Crippen molar-refractivity contribution in [1.82, 2.24) is 5.32 Å². The second-order valence-corrected chi connectivity index (χ2v) is 7.25. The van der Waals surface area contributed by atoms with E-state index in [9.17, 15) is 13.2 Å². The van der Waals surface area contributed by atoms with Crippen LogP contribution in [0.2, 0.25) is 0 Å². The van der Waals surface area contributed by atoms with Crippen LogP contribution in [0.4, 0.5) is 0 Å². The minimum atomic E-state index is -3.38. The summed E-state index contributed by atoms with van der Waals surface area (Å²) in [5.41, 5.74) is 2.10. The zero-order chi connectivity index (χ0) is 14.6. The molecule has 5 heteroatoms. The third kappa shape index (κ3) is 3.28. The molecule has 20 heavy (non-hydrogen) atoms. The van der Waals surface area contributed by atoms with Crippen LogP contribution in [0.3, 0.4) is 0 Å². The summed E-state index contributed by atoms with van der Waals surface area (Å²) in [6, 6.07) is 7.74. The van der Waals surface area contributed by atoms with Gasteiger partial charge in [0.2, 0.25) is 5.91 Å². The van der Waals surface area contributed by atoms with E-state index in [1.54, 1.807) is 6.08 Å². The summed E-state index contributed by atoms with van der Waals surface area (Å²) in [6.45, 7) is 4.16. The van der Waals surface area contributed by atoms with Crippen LogP contribution in [0.1, 0.15) is 17.5 Å². The molecule has 1 fully saturated rings. The van der Waals surface area contributed by atoms with Gasteiger partial charge in [0.1, 0.15) is 5.25 Å². The van der Waals surface area contributed by atoms with Gasteiger partial charge in [-0.3, -0.25) is 4.79 Å². The van der Waals surface area contributed by atoms with E-state index in [0.29, 0.717) is 19.4 Å². The summed E-state index contributed by atoms with van der Waals surface area (Å²) >= 11 is 0. The number of rotatable bonds is 6. The number of amides is 1. The van der Waals surface area contributed by atoms with Gasteiger partial charge in [-0.2, -0.15) is 0 Å². The van der Waals surface area contributed by atoms with Crippen LogP contribution in [-0.4, -0.2) is 31.9 Å². The summed E-state index contributed by atoms with van der Waals surface area (Å²) in [5, 5.41) is 1.71. The van der Waals surface area contributed by atoms with Crippen LogP contribution in [0, 0.1) is 0 Å². The van der Waals surface area contributed by atoms with Gasteiger partial charge >= 0.3 is 0 Å². The van der Waals surface area contributed by atoms with Crippen molar-refractivity contribution in [3.8, 4) is 0 Å². The largest absolute Gasteiger partial charge is 0.355 e. The molecule has 1 heterocycles. The maximum atomic E-state index is 12.2. The molecule has 0 bridgehead atoms. The topological polar surface area (TPSA) is 63.2 Å². The molecule has 1 atom stereocenters. The molecule has 1 unspecified atom stereocenters. The lowest BCUT2D eigenvalue weighted by Crippen LogP contribution is -2.32. The van der Waals surface area contributed by atoms with Crippen molar-refractivity contribution in [3.05, 3.63) is 48.0 Å². The number of hydrogen-bond acceptors (Lipinski definition) is 3. The van der Waals surface area contributed by atoms with Crippen molar-refractivity contribution >= 4 is 15.7 Å². The SMILES string of the molecule is C=CCc1ccccc1CCS(=O)(=O)C1CCNC1=O. The van der Waals surface area contributed by atoms with Gasteiger partial charge in [-0.05, 0) is 30.4 Å². The van der Waals surface area contributed by atoms with Crippen LogP contribution in [0.15, 0.2) is 36.9 Å². The summed E-state index contributed by atoms with van der Waals surface area (Å²) in [4.78, 5) is 11.5. The Kier molecular flexibility index (Phi) is 4.60. The van der Waals surface area contributed by atoms with Gasteiger partial charge in [0, 0.05) is 6.54 Å². The number of aryl methyl sites for hydroxylation is 1. The lowest BCUT2D eigenvalue weighted by atomic mass is 10.0. The molecule has 2 rings (SSSR count). The van der Waals surface area contributed by atoms with Crippen molar-refractivity contribution < 1.29 is 13.2 Å². The third-order valence-corrected chi connectivity index (χ3v) is 5.66. The number of allylic oxidation sites excluding steroid dienone is 1. The quantitative estimate of drug-likeness (QED) is 0.803. The number of sulfone groups is 1. The Morgan fingerprint density at radius 2 is 2.00 bits per heavy atom. The molecule has 108 valence electrons. The van der Waals surface area contributed by atoms with E-state index in [-0.39, 0.29) is 11.7 Å². The third-order valence-electron chi connectivity index (χ3n) is 3.57. The average molecular weight is 293 g/mol. The van der Waals surface area contributed by atoms with Gasteiger partial charge < -0.3 is 5.32 Å². The molecule has 1 N–H and O–H groups in total. The van der Waals surface area contributed by atoms with E-state index in [1.807, 2.05) is 24.3 Å². The van der Waals surface area contributed by atoms with Crippen LogP contribution >= 0.6 is 0 Å². The fraction of sp³-hybridized carbons (Fsp3) is 0.400. The smallest absolute Gasteiger partial charge is 0.238 e. The highest BCUT2D eigenvalue weighted by molar-refractivity contribution is 7.92. The Morgan fingerprint density at radius 1 is 1.30 bits per heavy atom. The lowest BCUT2D eigenvalue weighted by Gasteiger charge is -2.11. The molecular formula is C15H19NO3S. The highest BCUT2D eigenvalue weighted by Gasteiger charge is 2.35. The van der Waals surface area contributed by atoms with Crippen LogP contribution < -0.4 is 5.32 Å². The molecule has 0 saturated carbocycles. The highest BCUT2D eigenvalue weighted by Crippen LogP contribution is 2.16. The molecule has 0 aromatic heterocycles. The van der Waals surface area contributed by atoms with Gasteiger partial charge in [0.15, 0.2) is 9.84 Å². The molecule has 1 aromatic carbocycles. The van der Waals surface area contributed by atoms with Gasteiger partial charge in [-0.1, -0.05) is 30.3 Å². The fourth-order valence-electron chi connectivity index (χ4n) is 2.46. The van der Waals surface area contributed by atoms with E-state index in [2.05, 4.69) is 11.9 Å². The zero-order valence-corrected chi connectivity index (χ0v) is 12.2. The fourth-order valence-corrected chi connectivity index (χ4v) is 4.14. The predicted octanol–water partition coefficient (Wildman–Crippen LogP) is 1.26. The standard InChI is InChI=1S/C15H19NO3S/c1-2-5-12-6-3-4-7-13(12)9-11-20(18,19)14-8-10-16-15(14)17/h2-4,6-7,14H,1,5,8-11H2,(H,16,17). The first-order chi connectivity index (χ1) is 9.54. The second-order valence-electron chi connectivity index (χ2n) is 4.95. The minimum absolute atomic E-state index is 0.0131. The molecule has 0 aliphatic carbocycles. The first-order valence-electron chi connectivity index (χ1n) is 6.71. The Balaban J connectivity index is 2.08. The van der Waals surface area contributed by atoms with E-state index in [0.717, 1.165) is 17.5 Å². The zero-order valence-electron chi connectivity index (χ0n) is 11.3. The summed E-state index contributed by atoms with van der Waals surface area (Å²) in [5.74, 6) is -0.344. The van der Waals surface area contributed by atoms with Crippen molar-refractivity contribution in [2.45, 2.75) is 24.5 Å². The minimum Gasteiger partial charge on any atom is -0.355 e. The number of carbonyl (C=O) groups is 1. The molecule has 1 aliphatic heterocycles. The number of nitrogens with one attached hydrogen (secondary N) is 1. The highest BCUT2D eigenvalue weighted by atomic mass is 32.2. The molecule has 4 nitrogen and oxygen atoms in total. The predicted molar refractivity (Wildman–Crippen MR) is 79.2 cm³/mol. The van der Waals surface area contributed by atoms with Gasteiger partial charge in [-0.15, -0.1) is 6.58 Å². The molecular weight excluding hydrogens is 274 g/mol. The monoisotopic (exact) mass is 293 g/mol. The molecule has 0 spiro atoms. The normalized spacial score (nSPS) is 18.8. The van der Waals surface area contributed by atoms with Gasteiger partial charge in [0.25, 0.3) is 0 Å². The Hall–Kier alpha value is -1.62. The maximum Gasteiger partial charge on any atom is 0.238 e. The van der Waals surface area contributed by atoms with Crippen LogP contribution in [0.25, 0.3) is 0 Å². The first-order valence-corrected chi connectivity index (χ1v) is 8.43. The van der Waals surface area contributed by atoms with Crippen molar-refractivity contribution in [2.24, 2.45) is 0 Å². The molecule has 1 aromatic rings. The van der Waals surface area contributed by atoms with Crippen molar-refractivity contribution in [1.29, 1.82) is 0 Å². The second kappa shape index (κ2) is 6.22. The Labute approximate surface area is 119 Å². The lowest BCUT2D eigenvalue weighted by molar-refractivity contribution is -0.118. The summed E-state index contributed by atoms with van der Waals surface area (Å²) in [6.07, 6.45) is 3.35. The first kappa shape index (κ1) is 14.8. The van der Waals surface area contributed by atoms with Crippen molar-refractivity contribution in [3.63, 3.8) is 0 Å². The van der Waals surface area contributed by atoms with Gasteiger partial charge in [0.05, 0.1) is 5.75 Å². The van der Waals surface area contributed by atoms with E-state index >= 15 is 0 Å². The number of hydrogen-bond donors (Lipinski definition) is 1. The van der Waals surface area contributed by atoms with Crippen LogP contribution in [-0.2, 0) is 27.5 Å². The van der Waals surface area contributed by atoms with E-state index in [1.165, 1.54) is 0 Å². The molecule has 0 radical (unpaired) electrons. The van der Waals surface area contributed by atoms with E-state index < -0.39 is 15.1 Å². The Morgan fingerprint density at radius 3 is 2.60 bits per heavy atom. The average Bonchev–Trinajstić information content (AvgIpc) is 2.85. The van der Waals surface area contributed by atoms with E-state index in [4.69, 9.17) is 0 Å².